The second-order valence-corrected chi connectivity index (χ2v) is 7.80. The van der Waals surface area contributed by atoms with Crippen molar-refractivity contribution in [2.45, 2.75) is 25.7 Å². The van der Waals surface area contributed by atoms with E-state index in [1.54, 1.807) is 12.4 Å². The van der Waals surface area contributed by atoms with Gasteiger partial charge in [0.1, 0.15) is 0 Å². The highest BCUT2D eigenvalue weighted by atomic mass is 16.5. The van der Waals surface area contributed by atoms with Crippen LogP contribution in [0.1, 0.15) is 36.0 Å². The third kappa shape index (κ3) is 3.62. The number of ether oxygens (including phenoxy) is 1. The fourth-order valence-electron chi connectivity index (χ4n) is 4.20. The molecule has 1 spiro atoms. The van der Waals surface area contributed by atoms with E-state index in [9.17, 15) is 4.79 Å². The van der Waals surface area contributed by atoms with Gasteiger partial charge in [-0.25, -0.2) is 0 Å². The molecule has 2 saturated heterocycles. The Morgan fingerprint density at radius 2 is 2.25 bits per heavy atom. The number of aromatic nitrogens is 1. The van der Waals surface area contributed by atoms with Crippen molar-refractivity contribution in [3.63, 3.8) is 0 Å². The van der Waals surface area contributed by atoms with Gasteiger partial charge in [-0.05, 0) is 43.7 Å². The van der Waals surface area contributed by atoms with Gasteiger partial charge in [-0.15, -0.1) is 0 Å². The minimum Gasteiger partial charge on any atom is -0.379 e. The quantitative estimate of drug-likeness (QED) is 0.851. The number of pyridine rings is 1. The van der Waals surface area contributed by atoms with E-state index in [1.807, 2.05) is 17.0 Å². The smallest absolute Gasteiger partial charge is 0.255 e. The number of amides is 1. The molecule has 4 rings (SSSR count). The lowest BCUT2D eigenvalue weighted by Gasteiger charge is -2.43. The minimum atomic E-state index is 0.0987. The standard InChI is InChI=1S/C19H27N3O2/c23-18(17-3-1-7-20-11-17)22-8-2-6-19(14-22)13-21(9-10-24-15-19)12-16-4-5-16/h1,3,7,11,16H,2,4-6,8-10,12-15H2. The first-order valence-electron chi connectivity index (χ1n) is 9.24. The van der Waals surface area contributed by atoms with Crippen molar-refractivity contribution >= 4 is 5.91 Å². The Hall–Kier alpha value is -1.46. The molecule has 1 amide bonds. The normalized spacial score (nSPS) is 28.8. The van der Waals surface area contributed by atoms with Gasteiger partial charge >= 0.3 is 0 Å². The largest absolute Gasteiger partial charge is 0.379 e. The highest BCUT2D eigenvalue weighted by Gasteiger charge is 2.41. The summed E-state index contributed by atoms with van der Waals surface area (Å²) >= 11 is 0. The molecule has 1 saturated carbocycles. The van der Waals surface area contributed by atoms with Crippen LogP contribution in [0.25, 0.3) is 0 Å². The summed E-state index contributed by atoms with van der Waals surface area (Å²) in [5.74, 6) is 1.01. The lowest BCUT2D eigenvalue weighted by molar-refractivity contribution is 0.00716. The van der Waals surface area contributed by atoms with Crippen LogP contribution in [0.5, 0.6) is 0 Å². The summed E-state index contributed by atoms with van der Waals surface area (Å²) in [5, 5.41) is 0. The maximum absolute atomic E-state index is 12.8. The summed E-state index contributed by atoms with van der Waals surface area (Å²) in [4.78, 5) is 21.5. The molecule has 0 radical (unpaired) electrons. The monoisotopic (exact) mass is 329 g/mol. The van der Waals surface area contributed by atoms with Crippen molar-refractivity contribution < 1.29 is 9.53 Å². The number of likely N-dealkylation sites (tertiary alicyclic amines) is 1. The maximum Gasteiger partial charge on any atom is 0.255 e. The van der Waals surface area contributed by atoms with Gasteiger partial charge in [0.05, 0.1) is 18.8 Å². The predicted octanol–water partition coefficient (Wildman–Crippen LogP) is 2.05. The third-order valence-corrected chi connectivity index (χ3v) is 5.59. The van der Waals surface area contributed by atoms with Crippen LogP contribution < -0.4 is 0 Å². The van der Waals surface area contributed by atoms with Gasteiger partial charge in [-0.2, -0.15) is 0 Å². The molecule has 3 fully saturated rings. The molecular weight excluding hydrogens is 302 g/mol. The van der Waals surface area contributed by atoms with Gasteiger partial charge in [0.15, 0.2) is 0 Å². The van der Waals surface area contributed by atoms with E-state index in [1.165, 1.54) is 19.4 Å². The summed E-state index contributed by atoms with van der Waals surface area (Å²) in [6, 6.07) is 3.69. The number of carbonyl (C=O) groups is 1. The molecule has 0 aromatic carbocycles. The van der Waals surface area contributed by atoms with E-state index in [2.05, 4.69) is 9.88 Å². The van der Waals surface area contributed by atoms with Crippen molar-refractivity contribution in [2.75, 3.05) is 45.9 Å². The average molecular weight is 329 g/mol. The van der Waals surface area contributed by atoms with Crippen LogP contribution in [0, 0.1) is 11.3 Å². The van der Waals surface area contributed by atoms with Gasteiger partial charge < -0.3 is 14.5 Å². The minimum absolute atomic E-state index is 0.0987. The van der Waals surface area contributed by atoms with Crippen molar-refractivity contribution in [3.8, 4) is 0 Å². The number of rotatable bonds is 3. The van der Waals surface area contributed by atoms with Crippen LogP contribution >= 0.6 is 0 Å². The van der Waals surface area contributed by atoms with Crippen molar-refractivity contribution in [2.24, 2.45) is 11.3 Å². The summed E-state index contributed by atoms with van der Waals surface area (Å²) in [5.41, 5.74) is 0.792. The summed E-state index contributed by atoms with van der Waals surface area (Å²) < 4.78 is 5.96. The molecule has 5 heteroatoms. The Balaban J connectivity index is 1.46. The molecule has 3 heterocycles. The lowest BCUT2D eigenvalue weighted by atomic mass is 9.80. The summed E-state index contributed by atoms with van der Waals surface area (Å²) in [7, 11) is 0. The van der Waals surface area contributed by atoms with E-state index in [0.29, 0.717) is 5.56 Å². The van der Waals surface area contributed by atoms with Crippen LogP contribution in [-0.4, -0.2) is 66.6 Å². The zero-order valence-corrected chi connectivity index (χ0v) is 14.3. The number of hydrogen-bond donors (Lipinski definition) is 0. The maximum atomic E-state index is 12.8. The second kappa shape index (κ2) is 6.81. The number of piperidine rings is 1. The van der Waals surface area contributed by atoms with Gasteiger partial charge in [-0.3, -0.25) is 9.78 Å². The van der Waals surface area contributed by atoms with Gasteiger partial charge in [0.2, 0.25) is 0 Å². The Morgan fingerprint density at radius 3 is 3.04 bits per heavy atom. The Bertz CT molecular complexity index is 575. The molecule has 1 atom stereocenters. The molecule has 0 N–H and O–H groups in total. The van der Waals surface area contributed by atoms with Gasteiger partial charge in [0, 0.05) is 50.5 Å². The molecule has 3 aliphatic rings. The third-order valence-electron chi connectivity index (χ3n) is 5.59. The molecule has 1 aromatic rings. The molecule has 5 nitrogen and oxygen atoms in total. The van der Waals surface area contributed by atoms with Gasteiger partial charge in [0.25, 0.3) is 5.91 Å². The van der Waals surface area contributed by atoms with Crippen LogP contribution in [0.3, 0.4) is 0 Å². The predicted molar refractivity (Wildman–Crippen MR) is 91.8 cm³/mol. The van der Waals surface area contributed by atoms with Crippen LogP contribution in [0.2, 0.25) is 0 Å². The van der Waals surface area contributed by atoms with E-state index in [4.69, 9.17) is 4.74 Å². The molecule has 130 valence electrons. The Labute approximate surface area is 144 Å². The summed E-state index contributed by atoms with van der Waals surface area (Å²) in [6.45, 7) is 6.58. The van der Waals surface area contributed by atoms with Crippen molar-refractivity contribution in [1.82, 2.24) is 14.8 Å². The molecule has 0 bridgehead atoms. The van der Waals surface area contributed by atoms with E-state index in [-0.39, 0.29) is 11.3 Å². The highest BCUT2D eigenvalue weighted by Crippen LogP contribution is 2.36. The van der Waals surface area contributed by atoms with Crippen LogP contribution in [0.4, 0.5) is 0 Å². The first-order valence-corrected chi connectivity index (χ1v) is 9.24. The van der Waals surface area contributed by atoms with E-state index >= 15 is 0 Å². The number of nitrogens with zero attached hydrogens (tertiary/aromatic N) is 3. The lowest BCUT2D eigenvalue weighted by Crippen LogP contribution is -2.52. The molecule has 2 aliphatic heterocycles. The molecule has 1 aromatic heterocycles. The first-order chi connectivity index (χ1) is 11.7. The van der Waals surface area contributed by atoms with E-state index < -0.39 is 0 Å². The molecular formula is C19H27N3O2. The number of carbonyl (C=O) groups excluding carboxylic acids is 1. The molecule has 24 heavy (non-hydrogen) atoms. The molecule has 1 unspecified atom stereocenters. The summed E-state index contributed by atoms with van der Waals surface area (Å²) in [6.07, 6.45) is 8.37. The SMILES string of the molecule is O=C(c1cccnc1)N1CCCC2(COCCN(CC3CC3)C2)C1. The zero-order valence-electron chi connectivity index (χ0n) is 14.3. The fraction of sp³-hybridized carbons (Fsp3) is 0.684. The van der Waals surface area contributed by atoms with Crippen molar-refractivity contribution in [1.29, 1.82) is 0 Å². The molecule has 1 aliphatic carbocycles. The van der Waals surface area contributed by atoms with Crippen molar-refractivity contribution in [3.05, 3.63) is 30.1 Å². The van der Waals surface area contributed by atoms with Gasteiger partial charge in [-0.1, -0.05) is 0 Å². The Kier molecular flexibility index (Phi) is 4.55. The first kappa shape index (κ1) is 16.0. The van der Waals surface area contributed by atoms with E-state index in [0.717, 1.165) is 58.2 Å². The topological polar surface area (TPSA) is 45.7 Å². The number of hydrogen-bond acceptors (Lipinski definition) is 4. The highest BCUT2D eigenvalue weighted by molar-refractivity contribution is 5.93. The zero-order chi connectivity index (χ0) is 16.4. The average Bonchev–Trinajstić information content (AvgIpc) is 3.44. The second-order valence-electron chi connectivity index (χ2n) is 7.80. The fourth-order valence-corrected chi connectivity index (χ4v) is 4.20. The van der Waals surface area contributed by atoms with Crippen LogP contribution in [-0.2, 0) is 4.74 Å². The Morgan fingerprint density at radius 1 is 1.33 bits per heavy atom. The van der Waals surface area contributed by atoms with Crippen LogP contribution in [0.15, 0.2) is 24.5 Å².